The largest absolute Gasteiger partial charge is 0.281 e. The number of rotatable bonds is 3. The number of halogens is 1. The molecule has 2 nitrogen and oxygen atoms in total. The van der Waals surface area contributed by atoms with Crippen LogP contribution in [-0.4, -0.2) is 10.4 Å². The van der Waals surface area contributed by atoms with Crippen molar-refractivity contribution in [3.05, 3.63) is 30.3 Å². The average Bonchev–Trinajstić information content (AvgIpc) is 2.18. The smallest absolute Gasteiger partial charge is 0.221 e. The van der Waals surface area contributed by atoms with E-state index in [1.165, 1.54) is 0 Å². The standard InChI is InChI=1S/C7H5NS.C5H9ClO/c9-6-8-7-4-2-1-3-5-7;1-4(2)3-5(6)7/h1-5H;4H,3H2,1-2H3. The van der Waals surface area contributed by atoms with Crippen molar-refractivity contribution < 1.29 is 4.79 Å². The van der Waals surface area contributed by atoms with Gasteiger partial charge in [0, 0.05) is 6.42 Å². The molecule has 0 saturated heterocycles. The fourth-order valence-electron chi connectivity index (χ4n) is 0.876. The summed E-state index contributed by atoms with van der Waals surface area (Å²) in [6.07, 6.45) is 0.488. The van der Waals surface area contributed by atoms with Crippen LogP contribution in [0.25, 0.3) is 0 Å². The van der Waals surface area contributed by atoms with Gasteiger partial charge in [0.15, 0.2) is 0 Å². The van der Waals surface area contributed by atoms with E-state index >= 15 is 0 Å². The quantitative estimate of drug-likeness (QED) is 0.460. The van der Waals surface area contributed by atoms with Crippen LogP contribution < -0.4 is 0 Å². The Kier molecular flexibility index (Phi) is 8.64. The van der Waals surface area contributed by atoms with Crippen LogP contribution in [0, 0.1) is 5.92 Å². The predicted molar refractivity (Wildman–Crippen MR) is 71.4 cm³/mol. The summed E-state index contributed by atoms with van der Waals surface area (Å²) in [5.41, 5.74) is 0.854. The fraction of sp³-hybridized carbons (Fsp3) is 0.333. The van der Waals surface area contributed by atoms with E-state index in [4.69, 9.17) is 11.6 Å². The molecular formula is C12H14ClNOS. The molecule has 0 heterocycles. The molecule has 0 unspecified atom stereocenters. The van der Waals surface area contributed by atoms with E-state index in [1.807, 2.05) is 44.2 Å². The number of carbonyl (C=O) groups excluding carboxylic acids is 1. The topological polar surface area (TPSA) is 29.4 Å². The number of carbonyl (C=O) groups is 1. The SMILES string of the molecule is CC(C)CC(=O)Cl.S=C=Nc1ccccc1. The fourth-order valence-corrected chi connectivity index (χ4v) is 1.29. The lowest BCUT2D eigenvalue weighted by atomic mass is 10.2. The van der Waals surface area contributed by atoms with E-state index < -0.39 is 0 Å². The summed E-state index contributed by atoms with van der Waals surface area (Å²) in [5, 5.41) is 2.05. The van der Waals surface area contributed by atoms with Crippen molar-refractivity contribution in [3.8, 4) is 0 Å². The minimum atomic E-state index is -0.241. The third kappa shape index (κ3) is 9.53. The van der Waals surface area contributed by atoms with Gasteiger partial charge in [0.25, 0.3) is 0 Å². The van der Waals surface area contributed by atoms with Gasteiger partial charge < -0.3 is 0 Å². The first-order valence-electron chi connectivity index (χ1n) is 4.87. The molecule has 0 aliphatic carbocycles. The molecule has 0 aliphatic rings. The molecule has 0 aromatic heterocycles. The Morgan fingerprint density at radius 1 is 1.44 bits per heavy atom. The summed E-state index contributed by atoms with van der Waals surface area (Å²) in [4.78, 5) is 13.8. The molecule has 0 radical (unpaired) electrons. The van der Waals surface area contributed by atoms with E-state index in [0.717, 1.165) is 5.69 Å². The van der Waals surface area contributed by atoms with Crippen molar-refractivity contribution >= 4 is 39.9 Å². The summed E-state index contributed by atoms with van der Waals surface area (Å²) in [7, 11) is 0. The summed E-state index contributed by atoms with van der Waals surface area (Å²) in [6.45, 7) is 3.92. The zero-order valence-electron chi connectivity index (χ0n) is 9.31. The van der Waals surface area contributed by atoms with Crippen molar-refractivity contribution in [1.29, 1.82) is 0 Å². The maximum absolute atomic E-state index is 10.0. The van der Waals surface area contributed by atoms with E-state index in [9.17, 15) is 4.79 Å². The summed E-state index contributed by atoms with van der Waals surface area (Å²) >= 11 is 9.45. The number of aliphatic imine (C=N–C) groups is 1. The first-order valence-corrected chi connectivity index (χ1v) is 5.66. The van der Waals surface area contributed by atoms with Crippen LogP contribution in [0.15, 0.2) is 35.3 Å². The van der Waals surface area contributed by atoms with Gasteiger partial charge >= 0.3 is 0 Å². The third-order valence-corrected chi connectivity index (χ3v) is 1.75. The molecule has 0 saturated carbocycles. The van der Waals surface area contributed by atoms with Gasteiger partial charge in [-0.2, -0.15) is 4.99 Å². The van der Waals surface area contributed by atoms with E-state index in [1.54, 1.807) is 0 Å². The van der Waals surface area contributed by atoms with Gasteiger partial charge in [0.05, 0.1) is 10.8 Å². The minimum absolute atomic E-state index is 0.241. The van der Waals surface area contributed by atoms with Crippen molar-refractivity contribution in [3.63, 3.8) is 0 Å². The molecule has 0 amide bonds. The van der Waals surface area contributed by atoms with Crippen LogP contribution in [0.2, 0.25) is 0 Å². The van der Waals surface area contributed by atoms with Crippen LogP contribution in [0.3, 0.4) is 0 Å². The summed E-state index contributed by atoms with van der Waals surface area (Å²) in [6, 6.07) is 9.50. The highest BCUT2D eigenvalue weighted by atomic mass is 35.5. The predicted octanol–water partition coefficient (Wildman–Crippen LogP) is 4.22. The molecule has 0 atom stereocenters. The first-order chi connectivity index (χ1) is 7.56. The molecular weight excluding hydrogens is 242 g/mol. The van der Waals surface area contributed by atoms with Crippen LogP contribution >= 0.6 is 23.8 Å². The highest BCUT2D eigenvalue weighted by Gasteiger charge is 1.97. The van der Waals surface area contributed by atoms with Gasteiger partial charge in [0.1, 0.15) is 0 Å². The van der Waals surface area contributed by atoms with E-state index in [2.05, 4.69) is 22.4 Å². The maximum Gasteiger partial charge on any atom is 0.221 e. The lowest BCUT2D eigenvalue weighted by Gasteiger charge is -1.93. The first kappa shape index (κ1) is 15.0. The second-order valence-corrected chi connectivity index (χ2v) is 4.10. The molecule has 0 N–H and O–H groups in total. The molecule has 0 bridgehead atoms. The molecule has 1 rings (SSSR count). The Hall–Kier alpha value is -1.02. The Bertz CT molecular complexity index is 359. The summed E-state index contributed by atoms with van der Waals surface area (Å²) < 4.78 is 0. The second kappa shape index (κ2) is 9.22. The van der Waals surface area contributed by atoms with E-state index in [0.29, 0.717) is 12.3 Å². The van der Waals surface area contributed by atoms with Crippen LogP contribution in [0.4, 0.5) is 5.69 Å². The number of benzene rings is 1. The lowest BCUT2D eigenvalue weighted by Crippen LogP contribution is -1.92. The molecule has 4 heteroatoms. The number of isothiocyanates is 1. The molecule has 86 valence electrons. The van der Waals surface area contributed by atoms with Gasteiger partial charge in [-0.15, -0.1) is 0 Å². The molecule has 0 fully saturated rings. The molecule has 1 aromatic rings. The molecule has 0 aliphatic heterocycles. The number of hydrogen-bond acceptors (Lipinski definition) is 3. The average molecular weight is 256 g/mol. The van der Waals surface area contributed by atoms with Gasteiger partial charge in [0.2, 0.25) is 5.24 Å². The normalized spacial score (nSPS) is 8.75. The van der Waals surface area contributed by atoms with Crippen molar-refractivity contribution in [2.45, 2.75) is 20.3 Å². The van der Waals surface area contributed by atoms with Gasteiger partial charge in [-0.3, -0.25) is 4.79 Å². The maximum atomic E-state index is 10.0. The number of nitrogens with zero attached hydrogens (tertiary/aromatic N) is 1. The second-order valence-electron chi connectivity index (χ2n) is 3.49. The zero-order chi connectivity index (χ0) is 12.4. The molecule has 1 aromatic carbocycles. The molecule has 0 spiro atoms. The zero-order valence-corrected chi connectivity index (χ0v) is 10.9. The Morgan fingerprint density at radius 2 is 2.00 bits per heavy atom. The van der Waals surface area contributed by atoms with E-state index in [-0.39, 0.29) is 5.24 Å². The van der Waals surface area contributed by atoms with Gasteiger partial charge in [-0.05, 0) is 41.9 Å². The Balaban J connectivity index is 0.000000293. The van der Waals surface area contributed by atoms with Crippen molar-refractivity contribution in [1.82, 2.24) is 0 Å². The van der Waals surface area contributed by atoms with Crippen molar-refractivity contribution in [2.75, 3.05) is 0 Å². The van der Waals surface area contributed by atoms with Crippen LogP contribution in [0.5, 0.6) is 0 Å². The van der Waals surface area contributed by atoms with Crippen molar-refractivity contribution in [2.24, 2.45) is 10.9 Å². The highest BCUT2D eigenvalue weighted by molar-refractivity contribution is 7.78. The van der Waals surface area contributed by atoms with Gasteiger partial charge in [-0.25, -0.2) is 0 Å². The van der Waals surface area contributed by atoms with Gasteiger partial charge in [-0.1, -0.05) is 32.0 Å². The molecule has 16 heavy (non-hydrogen) atoms. The van der Waals surface area contributed by atoms with Crippen LogP contribution in [0.1, 0.15) is 20.3 Å². The highest BCUT2D eigenvalue weighted by Crippen LogP contribution is 2.07. The lowest BCUT2D eigenvalue weighted by molar-refractivity contribution is -0.112. The summed E-state index contributed by atoms with van der Waals surface area (Å²) in [5.74, 6) is 0.394. The Morgan fingerprint density at radius 3 is 2.31 bits per heavy atom. The Labute approximate surface area is 106 Å². The van der Waals surface area contributed by atoms with Crippen LogP contribution in [-0.2, 0) is 4.79 Å². The number of para-hydroxylation sites is 1. The third-order valence-electron chi connectivity index (χ3n) is 1.50. The number of hydrogen-bond donors (Lipinski definition) is 0. The minimum Gasteiger partial charge on any atom is -0.281 e. The monoisotopic (exact) mass is 255 g/mol. The number of thiocarbonyl (C=S) groups is 1.